The van der Waals surface area contributed by atoms with Gasteiger partial charge >= 0.3 is 0 Å². The fourth-order valence-electron chi connectivity index (χ4n) is 1.89. The lowest BCUT2D eigenvalue weighted by Crippen LogP contribution is -2.32. The fourth-order valence-corrected chi connectivity index (χ4v) is 1.89. The summed E-state index contributed by atoms with van der Waals surface area (Å²) in [5.74, 6) is 0.325. The van der Waals surface area contributed by atoms with Gasteiger partial charge in [0.25, 0.3) is 5.91 Å². The number of hydrogen-bond acceptors (Lipinski definition) is 4. The Morgan fingerprint density at radius 2 is 2.05 bits per heavy atom. The molecule has 0 saturated heterocycles. The highest BCUT2D eigenvalue weighted by Crippen LogP contribution is 2.23. The molecule has 3 N–H and O–H groups in total. The molecule has 1 amide bonds. The van der Waals surface area contributed by atoms with E-state index in [4.69, 9.17) is 10.5 Å². The smallest absolute Gasteiger partial charge is 0.255 e. The summed E-state index contributed by atoms with van der Waals surface area (Å²) in [6.07, 6.45) is 0. The molecule has 5 heteroatoms. The van der Waals surface area contributed by atoms with Crippen LogP contribution in [0.25, 0.3) is 0 Å². The lowest BCUT2D eigenvalue weighted by molar-refractivity contribution is 0.0828. The van der Waals surface area contributed by atoms with Gasteiger partial charge in [0.2, 0.25) is 0 Å². The maximum Gasteiger partial charge on any atom is 0.255 e. The number of carbonyl (C=O) groups excluding carboxylic acids is 1. The Hall–Kier alpha value is -1.75. The lowest BCUT2D eigenvalue weighted by atomic mass is 10.0. The van der Waals surface area contributed by atoms with E-state index in [1.807, 2.05) is 0 Å². The van der Waals surface area contributed by atoms with Crippen molar-refractivity contribution in [2.24, 2.45) is 5.92 Å². The van der Waals surface area contributed by atoms with Crippen molar-refractivity contribution >= 4 is 17.3 Å². The van der Waals surface area contributed by atoms with Gasteiger partial charge < -0.3 is 20.7 Å². The van der Waals surface area contributed by atoms with Gasteiger partial charge in [0.15, 0.2) is 0 Å². The summed E-state index contributed by atoms with van der Waals surface area (Å²) in [5.41, 5.74) is 7.83. The maximum absolute atomic E-state index is 12.2. The van der Waals surface area contributed by atoms with Gasteiger partial charge in [0, 0.05) is 32.6 Å². The number of rotatable bonds is 6. The Balaban J connectivity index is 3.08. The number of nitrogens with two attached hydrogens (primary N) is 1. The molecule has 0 aliphatic rings. The molecule has 0 aliphatic carbocycles. The minimum absolute atomic E-state index is 0.0487. The predicted molar refractivity (Wildman–Crippen MR) is 83.0 cm³/mol. The number of methoxy groups -OCH3 is 1. The summed E-state index contributed by atoms with van der Waals surface area (Å²) in [6, 6.07) is 5.41. The number of anilines is 2. The van der Waals surface area contributed by atoms with E-state index in [9.17, 15) is 4.79 Å². The summed E-state index contributed by atoms with van der Waals surface area (Å²) in [6.45, 7) is 4.79. The number of amides is 1. The molecule has 1 rings (SSSR count). The van der Waals surface area contributed by atoms with E-state index < -0.39 is 0 Å². The summed E-state index contributed by atoms with van der Waals surface area (Å²) >= 11 is 0. The van der Waals surface area contributed by atoms with Gasteiger partial charge in [0.05, 0.1) is 18.2 Å². The van der Waals surface area contributed by atoms with Crippen molar-refractivity contribution in [1.29, 1.82) is 0 Å². The van der Waals surface area contributed by atoms with Crippen LogP contribution >= 0.6 is 0 Å². The second-order valence-corrected chi connectivity index (χ2v) is 5.45. The third kappa shape index (κ3) is 4.13. The Labute approximate surface area is 121 Å². The van der Waals surface area contributed by atoms with Crippen LogP contribution in [0.4, 0.5) is 11.4 Å². The standard InChI is InChI=1S/C15H25N3O2/c1-10(2)14(9-20-5)17-13-8-11(16)6-7-12(13)15(19)18(3)4/h6-8,10,14,17H,9,16H2,1-5H3. The molecule has 1 atom stereocenters. The molecule has 1 unspecified atom stereocenters. The highest BCUT2D eigenvalue weighted by Gasteiger charge is 2.18. The van der Waals surface area contributed by atoms with Crippen LogP contribution in [-0.4, -0.2) is 44.7 Å². The Bertz CT molecular complexity index is 458. The fraction of sp³-hybridized carbons (Fsp3) is 0.533. The second kappa shape index (κ2) is 7.14. The molecule has 0 bridgehead atoms. The molecule has 0 saturated carbocycles. The summed E-state index contributed by atoms with van der Waals surface area (Å²) < 4.78 is 5.23. The zero-order valence-corrected chi connectivity index (χ0v) is 12.9. The van der Waals surface area contributed by atoms with Crippen molar-refractivity contribution in [1.82, 2.24) is 4.90 Å². The number of hydrogen-bond donors (Lipinski definition) is 2. The molecule has 0 aromatic heterocycles. The van der Waals surface area contributed by atoms with E-state index in [1.54, 1.807) is 44.3 Å². The number of carbonyl (C=O) groups is 1. The van der Waals surface area contributed by atoms with Crippen LogP contribution in [-0.2, 0) is 4.74 Å². The highest BCUT2D eigenvalue weighted by atomic mass is 16.5. The lowest BCUT2D eigenvalue weighted by Gasteiger charge is -2.25. The van der Waals surface area contributed by atoms with Crippen LogP contribution in [0.3, 0.4) is 0 Å². The largest absolute Gasteiger partial charge is 0.399 e. The number of nitrogen functional groups attached to an aromatic ring is 1. The molecule has 20 heavy (non-hydrogen) atoms. The Morgan fingerprint density at radius 1 is 1.40 bits per heavy atom. The zero-order valence-electron chi connectivity index (χ0n) is 12.9. The van der Waals surface area contributed by atoms with Gasteiger partial charge in [-0.15, -0.1) is 0 Å². The third-order valence-electron chi connectivity index (χ3n) is 3.17. The number of nitrogens with zero attached hydrogens (tertiary/aromatic N) is 1. The quantitative estimate of drug-likeness (QED) is 0.782. The normalized spacial score (nSPS) is 12.3. The summed E-state index contributed by atoms with van der Waals surface area (Å²) in [7, 11) is 5.14. The van der Waals surface area contributed by atoms with Gasteiger partial charge in [-0.05, 0) is 24.1 Å². The van der Waals surface area contributed by atoms with Gasteiger partial charge in [-0.2, -0.15) is 0 Å². The van der Waals surface area contributed by atoms with Crippen LogP contribution in [0.5, 0.6) is 0 Å². The van der Waals surface area contributed by atoms with Crippen LogP contribution in [0.15, 0.2) is 18.2 Å². The molecule has 0 heterocycles. The Kier molecular flexibility index (Phi) is 5.82. The van der Waals surface area contributed by atoms with Crippen LogP contribution in [0.2, 0.25) is 0 Å². The Morgan fingerprint density at radius 3 is 2.55 bits per heavy atom. The van der Waals surface area contributed by atoms with E-state index in [0.717, 1.165) is 5.69 Å². The second-order valence-electron chi connectivity index (χ2n) is 5.45. The van der Waals surface area contributed by atoms with Crippen molar-refractivity contribution in [3.8, 4) is 0 Å². The zero-order chi connectivity index (χ0) is 15.3. The number of nitrogens with one attached hydrogen (secondary N) is 1. The molecule has 5 nitrogen and oxygen atoms in total. The summed E-state index contributed by atoms with van der Waals surface area (Å²) in [5, 5.41) is 3.37. The van der Waals surface area contributed by atoms with Crippen molar-refractivity contribution in [3.63, 3.8) is 0 Å². The van der Waals surface area contributed by atoms with E-state index in [1.165, 1.54) is 0 Å². The van der Waals surface area contributed by atoms with Crippen molar-refractivity contribution in [3.05, 3.63) is 23.8 Å². The first-order chi connectivity index (χ1) is 9.36. The van der Waals surface area contributed by atoms with Crippen molar-refractivity contribution in [2.75, 3.05) is 38.9 Å². The van der Waals surface area contributed by atoms with Crippen LogP contribution < -0.4 is 11.1 Å². The molecular weight excluding hydrogens is 254 g/mol. The van der Waals surface area contributed by atoms with Gasteiger partial charge in [-0.25, -0.2) is 0 Å². The first-order valence-corrected chi connectivity index (χ1v) is 6.73. The van der Waals surface area contributed by atoms with E-state index >= 15 is 0 Å². The molecule has 112 valence electrons. The van der Waals surface area contributed by atoms with Gasteiger partial charge in [0.1, 0.15) is 0 Å². The van der Waals surface area contributed by atoms with Gasteiger partial charge in [-0.3, -0.25) is 4.79 Å². The molecule has 0 radical (unpaired) electrons. The van der Waals surface area contributed by atoms with E-state index in [2.05, 4.69) is 19.2 Å². The van der Waals surface area contributed by atoms with E-state index in [0.29, 0.717) is 23.8 Å². The van der Waals surface area contributed by atoms with Crippen LogP contribution in [0, 0.1) is 5.92 Å². The molecule has 0 aliphatic heterocycles. The number of ether oxygens (including phenoxy) is 1. The van der Waals surface area contributed by atoms with Crippen LogP contribution in [0.1, 0.15) is 24.2 Å². The average molecular weight is 279 g/mol. The van der Waals surface area contributed by atoms with Crippen molar-refractivity contribution < 1.29 is 9.53 Å². The SMILES string of the molecule is COCC(Nc1cc(N)ccc1C(=O)N(C)C)C(C)C. The maximum atomic E-state index is 12.2. The van der Waals surface area contributed by atoms with Crippen molar-refractivity contribution in [2.45, 2.75) is 19.9 Å². The minimum Gasteiger partial charge on any atom is -0.399 e. The average Bonchev–Trinajstić information content (AvgIpc) is 2.37. The molecular formula is C15H25N3O2. The monoisotopic (exact) mass is 279 g/mol. The van der Waals surface area contributed by atoms with Gasteiger partial charge in [-0.1, -0.05) is 13.8 Å². The topological polar surface area (TPSA) is 67.6 Å². The molecule has 1 aromatic rings. The number of benzene rings is 1. The molecule has 1 aromatic carbocycles. The van der Waals surface area contributed by atoms with E-state index in [-0.39, 0.29) is 11.9 Å². The summed E-state index contributed by atoms with van der Waals surface area (Å²) in [4.78, 5) is 13.8. The first kappa shape index (κ1) is 16.3. The molecule has 0 spiro atoms. The molecule has 0 fully saturated rings. The predicted octanol–water partition coefficient (Wildman–Crippen LogP) is 2.05. The highest BCUT2D eigenvalue weighted by molar-refractivity contribution is 6.00. The first-order valence-electron chi connectivity index (χ1n) is 6.73. The minimum atomic E-state index is -0.0487. The third-order valence-corrected chi connectivity index (χ3v) is 3.17.